The zero-order valence-corrected chi connectivity index (χ0v) is 18.0. The van der Waals surface area contributed by atoms with Crippen LogP contribution in [0.3, 0.4) is 0 Å². The fourth-order valence-electron chi connectivity index (χ4n) is 4.97. The smallest absolute Gasteiger partial charge is 0.187 e. The topological polar surface area (TPSA) is 30.9 Å². The summed E-state index contributed by atoms with van der Waals surface area (Å²) in [4.78, 5) is 2.53. The van der Waals surface area contributed by atoms with E-state index in [0.717, 1.165) is 50.4 Å². The number of hydrogen-bond acceptors (Lipinski definition) is 4. The van der Waals surface area contributed by atoms with Gasteiger partial charge in [-0.2, -0.15) is 0 Å². The van der Waals surface area contributed by atoms with Crippen LogP contribution in [-0.2, 0) is 9.47 Å². The van der Waals surface area contributed by atoms with Crippen LogP contribution in [0, 0.1) is 5.92 Å². The van der Waals surface area contributed by atoms with Gasteiger partial charge in [0.2, 0.25) is 0 Å². The lowest BCUT2D eigenvalue weighted by Gasteiger charge is -2.41. The van der Waals surface area contributed by atoms with Gasteiger partial charge in [-0.3, -0.25) is 4.90 Å². The van der Waals surface area contributed by atoms with E-state index >= 15 is 0 Å². The van der Waals surface area contributed by atoms with Gasteiger partial charge in [0.05, 0.1) is 19.8 Å². The molecular weight excluding hydrogens is 386 g/mol. The molecule has 0 N–H and O–H groups in total. The Labute approximate surface area is 185 Å². The summed E-state index contributed by atoms with van der Waals surface area (Å²) in [6.45, 7) is 4.40. The van der Waals surface area contributed by atoms with E-state index in [1.54, 1.807) is 0 Å². The molecule has 2 aliphatic heterocycles. The molecule has 1 aliphatic carbocycles. The lowest BCUT2D eigenvalue weighted by atomic mass is 9.87. The average molecular weight is 418 g/mol. The zero-order valence-electron chi connectivity index (χ0n) is 18.0. The molecule has 2 aromatic carbocycles. The lowest BCUT2D eigenvalue weighted by molar-refractivity contribution is -0.197. The molecule has 4 nitrogen and oxygen atoms in total. The minimum atomic E-state index is -0.482. The fourth-order valence-corrected chi connectivity index (χ4v) is 4.97. The monoisotopic (exact) mass is 417 g/mol. The summed E-state index contributed by atoms with van der Waals surface area (Å²) in [5, 5.41) is 0. The van der Waals surface area contributed by atoms with E-state index in [-0.39, 0.29) is 0 Å². The van der Waals surface area contributed by atoms with Crippen LogP contribution >= 0.6 is 0 Å². The minimum absolute atomic E-state index is 0.301. The Kier molecular flexibility index (Phi) is 6.21. The number of piperidine rings is 1. The van der Waals surface area contributed by atoms with E-state index in [2.05, 4.69) is 53.5 Å². The van der Waals surface area contributed by atoms with E-state index in [9.17, 15) is 0 Å². The van der Waals surface area contributed by atoms with Crippen molar-refractivity contribution < 1.29 is 14.2 Å². The van der Waals surface area contributed by atoms with Crippen LogP contribution in [0.2, 0.25) is 0 Å². The molecule has 2 heterocycles. The number of ether oxygens (including phenoxy) is 3. The number of para-hydroxylation sites is 1. The van der Waals surface area contributed by atoms with E-state index in [1.165, 1.54) is 5.56 Å². The Morgan fingerprint density at radius 1 is 0.871 bits per heavy atom. The van der Waals surface area contributed by atoms with Crippen molar-refractivity contribution >= 4 is 0 Å². The van der Waals surface area contributed by atoms with Crippen molar-refractivity contribution in [2.45, 2.75) is 31.0 Å². The van der Waals surface area contributed by atoms with E-state index < -0.39 is 5.79 Å². The first-order chi connectivity index (χ1) is 15.3. The summed E-state index contributed by atoms with van der Waals surface area (Å²) in [6.07, 6.45) is 12.0. The molecule has 2 fully saturated rings. The highest BCUT2D eigenvalue weighted by molar-refractivity contribution is 5.34. The van der Waals surface area contributed by atoms with Crippen LogP contribution in [0.4, 0.5) is 0 Å². The zero-order chi connectivity index (χ0) is 20.9. The number of likely N-dealkylation sites (tertiary alicyclic amines) is 1. The third kappa shape index (κ3) is 4.77. The molecule has 0 spiro atoms. The largest absolute Gasteiger partial charge is 0.457 e. The maximum absolute atomic E-state index is 6.19. The molecule has 4 heteroatoms. The number of hydrogen-bond donors (Lipinski definition) is 0. The predicted octanol–water partition coefficient (Wildman–Crippen LogP) is 5.53. The summed E-state index contributed by atoms with van der Waals surface area (Å²) in [5.74, 6) is 2.18. The Hall–Kier alpha value is -2.40. The Bertz CT molecular complexity index is 892. The molecule has 3 aliphatic rings. The van der Waals surface area contributed by atoms with Gasteiger partial charge in [-0.1, -0.05) is 54.6 Å². The van der Waals surface area contributed by atoms with Gasteiger partial charge in [-0.25, -0.2) is 0 Å². The third-order valence-electron chi connectivity index (χ3n) is 6.68. The first-order valence-electron chi connectivity index (χ1n) is 11.5. The van der Waals surface area contributed by atoms with Crippen molar-refractivity contribution in [3.63, 3.8) is 0 Å². The SMILES string of the molecule is C1=CCC(C2(CN3CCC(c4ccc(Oc5ccccc5)cc4)CC3)OCCO2)C=C1. The van der Waals surface area contributed by atoms with Gasteiger partial charge in [-0.05, 0) is 68.1 Å². The van der Waals surface area contributed by atoms with Gasteiger partial charge in [0.15, 0.2) is 5.79 Å². The van der Waals surface area contributed by atoms with Crippen LogP contribution in [0.15, 0.2) is 78.9 Å². The molecule has 0 amide bonds. The number of allylic oxidation sites excluding steroid dienone is 3. The standard InChI is InChI=1S/C27H31NO3/c1-3-7-24(8-4-1)27(29-19-20-30-27)21-28-17-15-23(16-18-28)22-11-13-26(14-12-22)31-25-9-5-2-6-10-25/h1-7,9-14,23-24H,8,15-21H2. The molecule has 0 bridgehead atoms. The van der Waals surface area contributed by atoms with Gasteiger partial charge in [-0.15, -0.1) is 0 Å². The van der Waals surface area contributed by atoms with Crippen molar-refractivity contribution in [2.75, 3.05) is 32.8 Å². The van der Waals surface area contributed by atoms with Crippen LogP contribution in [0.1, 0.15) is 30.7 Å². The lowest BCUT2D eigenvalue weighted by Crippen LogP contribution is -2.50. The molecule has 2 saturated heterocycles. The van der Waals surface area contributed by atoms with Crippen LogP contribution in [0.5, 0.6) is 11.5 Å². The third-order valence-corrected chi connectivity index (χ3v) is 6.68. The Morgan fingerprint density at radius 2 is 1.58 bits per heavy atom. The van der Waals surface area contributed by atoms with Crippen molar-refractivity contribution in [3.8, 4) is 11.5 Å². The summed E-state index contributed by atoms with van der Waals surface area (Å²) < 4.78 is 18.3. The first-order valence-corrected chi connectivity index (χ1v) is 11.5. The molecule has 5 rings (SSSR count). The minimum Gasteiger partial charge on any atom is -0.457 e. The summed E-state index contributed by atoms with van der Waals surface area (Å²) >= 11 is 0. The van der Waals surface area contributed by atoms with Crippen molar-refractivity contribution in [1.29, 1.82) is 0 Å². The van der Waals surface area contributed by atoms with Gasteiger partial charge >= 0.3 is 0 Å². The highest BCUT2D eigenvalue weighted by Gasteiger charge is 2.44. The molecule has 1 unspecified atom stereocenters. The second-order valence-electron chi connectivity index (χ2n) is 8.70. The van der Waals surface area contributed by atoms with Crippen LogP contribution < -0.4 is 4.74 Å². The highest BCUT2D eigenvalue weighted by Crippen LogP contribution is 2.36. The van der Waals surface area contributed by atoms with Crippen molar-refractivity contribution in [3.05, 3.63) is 84.5 Å². The maximum Gasteiger partial charge on any atom is 0.187 e. The van der Waals surface area contributed by atoms with Gasteiger partial charge in [0.25, 0.3) is 0 Å². The van der Waals surface area contributed by atoms with Crippen LogP contribution in [-0.4, -0.2) is 43.5 Å². The molecule has 0 saturated carbocycles. The number of nitrogens with zero attached hydrogens (tertiary/aromatic N) is 1. The molecule has 162 valence electrons. The summed E-state index contributed by atoms with van der Waals surface area (Å²) in [5.41, 5.74) is 1.41. The van der Waals surface area contributed by atoms with E-state index in [4.69, 9.17) is 14.2 Å². The second kappa shape index (κ2) is 9.39. The molecule has 31 heavy (non-hydrogen) atoms. The first kappa shape index (κ1) is 20.5. The fraction of sp³-hybridized carbons (Fsp3) is 0.407. The molecule has 1 atom stereocenters. The summed E-state index contributed by atoms with van der Waals surface area (Å²) in [6, 6.07) is 18.6. The highest BCUT2D eigenvalue weighted by atomic mass is 16.7. The second-order valence-corrected chi connectivity index (χ2v) is 8.70. The van der Waals surface area contributed by atoms with E-state index in [1.807, 2.05) is 30.3 Å². The normalized spacial score (nSPS) is 23.8. The van der Waals surface area contributed by atoms with Gasteiger partial charge < -0.3 is 14.2 Å². The van der Waals surface area contributed by atoms with Crippen molar-refractivity contribution in [1.82, 2.24) is 4.90 Å². The van der Waals surface area contributed by atoms with Gasteiger partial charge in [0.1, 0.15) is 11.5 Å². The molecule has 0 radical (unpaired) electrons. The van der Waals surface area contributed by atoms with Crippen LogP contribution in [0.25, 0.3) is 0 Å². The quantitative estimate of drug-likeness (QED) is 0.618. The van der Waals surface area contributed by atoms with Crippen molar-refractivity contribution in [2.24, 2.45) is 5.92 Å². The number of benzene rings is 2. The molecular formula is C27H31NO3. The average Bonchev–Trinajstić information content (AvgIpc) is 3.31. The predicted molar refractivity (Wildman–Crippen MR) is 122 cm³/mol. The Morgan fingerprint density at radius 3 is 2.26 bits per heavy atom. The molecule has 0 aromatic heterocycles. The Balaban J connectivity index is 1.17. The van der Waals surface area contributed by atoms with E-state index in [0.29, 0.717) is 25.0 Å². The summed E-state index contributed by atoms with van der Waals surface area (Å²) in [7, 11) is 0. The molecule has 2 aromatic rings. The van der Waals surface area contributed by atoms with Gasteiger partial charge in [0, 0.05) is 5.92 Å². The maximum atomic E-state index is 6.19. The number of rotatable bonds is 6.